The Balaban J connectivity index is 1.31. The molecule has 0 saturated carbocycles. The number of anilines is 1. The van der Waals surface area contributed by atoms with E-state index in [4.69, 9.17) is 0 Å². The molecule has 2 aromatic rings. The standard InChI is InChI=1S/C20H19F6N7O3/c21-19(22,23)10-7-28-18(29-8-10)33-5-3-32(4-6-33)13(34)9-27-16(35)12-2-1-11-14(20(24,25)26)17(36)31-30-15(11)12/h7-8,12H,1-6,9H2,(H,27,35)(H,31,36). The summed E-state index contributed by atoms with van der Waals surface area (Å²) in [5.41, 5.74) is -4.21. The third-order valence-electron chi connectivity index (χ3n) is 6.02. The summed E-state index contributed by atoms with van der Waals surface area (Å²) in [6.45, 7) is 0.486. The van der Waals surface area contributed by atoms with Gasteiger partial charge in [-0.05, 0) is 18.4 Å². The highest BCUT2D eigenvalue weighted by atomic mass is 19.4. The predicted molar refractivity (Wildman–Crippen MR) is 110 cm³/mol. The van der Waals surface area contributed by atoms with Crippen LogP contribution in [0.5, 0.6) is 0 Å². The number of rotatable bonds is 4. The first-order chi connectivity index (χ1) is 16.9. The van der Waals surface area contributed by atoms with E-state index in [9.17, 15) is 40.7 Å². The first-order valence-corrected chi connectivity index (χ1v) is 10.7. The number of amides is 2. The van der Waals surface area contributed by atoms with Crippen LogP contribution in [0, 0.1) is 0 Å². The summed E-state index contributed by atoms with van der Waals surface area (Å²) in [6.07, 6.45) is -8.23. The molecule has 4 rings (SSSR count). The number of halogens is 6. The number of H-pyrrole nitrogens is 1. The van der Waals surface area contributed by atoms with E-state index in [2.05, 4.69) is 20.4 Å². The van der Waals surface area contributed by atoms with Gasteiger partial charge in [0.15, 0.2) is 0 Å². The van der Waals surface area contributed by atoms with Gasteiger partial charge in [0, 0.05) is 38.6 Å². The maximum atomic E-state index is 13.2. The van der Waals surface area contributed by atoms with Crippen LogP contribution in [0.15, 0.2) is 17.2 Å². The number of nitrogens with zero attached hydrogens (tertiary/aromatic N) is 5. The quantitative estimate of drug-likeness (QED) is 0.580. The Morgan fingerprint density at radius 1 is 1.03 bits per heavy atom. The van der Waals surface area contributed by atoms with Crippen molar-refractivity contribution < 1.29 is 35.9 Å². The van der Waals surface area contributed by atoms with Gasteiger partial charge in [-0.3, -0.25) is 14.4 Å². The van der Waals surface area contributed by atoms with Crippen LogP contribution in [0.25, 0.3) is 0 Å². The number of carbonyl (C=O) groups is 2. The number of alkyl halides is 6. The van der Waals surface area contributed by atoms with Gasteiger partial charge >= 0.3 is 12.4 Å². The smallest absolute Gasteiger partial charge is 0.346 e. The Labute approximate surface area is 198 Å². The summed E-state index contributed by atoms with van der Waals surface area (Å²) >= 11 is 0. The minimum atomic E-state index is -4.89. The number of nitrogens with one attached hydrogen (secondary N) is 2. The number of carbonyl (C=O) groups excluding carboxylic acids is 2. The molecule has 16 heteroatoms. The average Bonchev–Trinajstić information content (AvgIpc) is 3.25. The monoisotopic (exact) mass is 519 g/mol. The third kappa shape index (κ3) is 5.11. The van der Waals surface area contributed by atoms with E-state index >= 15 is 0 Å². The van der Waals surface area contributed by atoms with E-state index in [-0.39, 0.29) is 56.2 Å². The van der Waals surface area contributed by atoms with Crippen molar-refractivity contribution in [2.24, 2.45) is 0 Å². The zero-order valence-electron chi connectivity index (χ0n) is 18.4. The van der Waals surface area contributed by atoms with Crippen LogP contribution < -0.4 is 15.8 Å². The molecule has 1 aliphatic heterocycles. The Bertz CT molecular complexity index is 1200. The SMILES string of the molecule is O=C(NCC(=O)N1CCN(c2ncc(C(F)(F)F)cn2)CC1)C1CCc2c1n[nH]c(=O)c2C(F)(F)F. The van der Waals surface area contributed by atoms with Gasteiger partial charge in [0.25, 0.3) is 5.56 Å². The second-order valence-corrected chi connectivity index (χ2v) is 8.24. The van der Waals surface area contributed by atoms with Crippen LogP contribution in [-0.2, 0) is 28.4 Å². The number of hydrogen-bond acceptors (Lipinski definition) is 7. The molecule has 1 atom stereocenters. The minimum Gasteiger partial charge on any atom is -0.346 e. The molecule has 0 spiro atoms. The molecule has 1 unspecified atom stereocenters. The second kappa shape index (κ2) is 9.39. The van der Waals surface area contributed by atoms with Crippen molar-refractivity contribution in [2.75, 3.05) is 37.6 Å². The molecule has 1 fully saturated rings. The first kappa shape index (κ1) is 25.4. The number of hydrogen-bond donors (Lipinski definition) is 2. The van der Waals surface area contributed by atoms with Gasteiger partial charge in [0.2, 0.25) is 17.8 Å². The maximum absolute atomic E-state index is 13.2. The summed E-state index contributed by atoms with van der Waals surface area (Å²) in [5, 5.41) is 7.83. The van der Waals surface area contributed by atoms with Gasteiger partial charge in [-0.25, -0.2) is 15.1 Å². The molecule has 36 heavy (non-hydrogen) atoms. The summed E-state index contributed by atoms with van der Waals surface area (Å²) in [6, 6.07) is 0. The Hall–Kier alpha value is -3.72. The lowest BCUT2D eigenvalue weighted by molar-refractivity contribution is -0.139. The van der Waals surface area contributed by atoms with Crippen LogP contribution in [0.1, 0.15) is 34.7 Å². The van der Waals surface area contributed by atoms with Crippen molar-refractivity contribution in [1.82, 2.24) is 30.4 Å². The maximum Gasteiger partial charge on any atom is 0.422 e. The third-order valence-corrected chi connectivity index (χ3v) is 6.02. The number of fused-ring (bicyclic) bond motifs is 1. The van der Waals surface area contributed by atoms with E-state index in [1.807, 2.05) is 0 Å². The fourth-order valence-corrected chi connectivity index (χ4v) is 4.21. The molecule has 2 amide bonds. The van der Waals surface area contributed by atoms with Crippen molar-refractivity contribution in [3.63, 3.8) is 0 Å². The lowest BCUT2D eigenvalue weighted by Gasteiger charge is -2.34. The highest BCUT2D eigenvalue weighted by molar-refractivity contribution is 5.89. The molecule has 2 aromatic heterocycles. The normalized spacial score (nSPS) is 18.2. The molecule has 10 nitrogen and oxygen atoms in total. The molecule has 0 radical (unpaired) electrons. The largest absolute Gasteiger partial charge is 0.422 e. The average molecular weight is 519 g/mol. The predicted octanol–water partition coefficient (Wildman–Crippen LogP) is 1.09. The zero-order chi connectivity index (χ0) is 26.3. The fraction of sp³-hybridized carbons (Fsp3) is 0.500. The lowest BCUT2D eigenvalue weighted by atomic mass is 10.1. The second-order valence-electron chi connectivity index (χ2n) is 8.24. The van der Waals surface area contributed by atoms with E-state index in [0.29, 0.717) is 12.4 Å². The van der Waals surface area contributed by atoms with Crippen LogP contribution in [0.4, 0.5) is 32.3 Å². The Kier molecular flexibility index (Phi) is 6.62. The van der Waals surface area contributed by atoms with Crippen LogP contribution >= 0.6 is 0 Å². The highest BCUT2D eigenvalue weighted by Gasteiger charge is 2.43. The van der Waals surface area contributed by atoms with Crippen LogP contribution in [0.2, 0.25) is 0 Å². The van der Waals surface area contributed by atoms with E-state index < -0.39 is 53.3 Å². The number of piperazine rings is 1. The van der Waals surface area contributed by atoms with Crippen molar-refractivity contribution in [3.05, 3.63) is 45.1 Å². The topological polar surface area (TPSA) is 124 Å². The number of aromatic amines is 1. The van der Waals surface area contributed by atoms with Gasteiger partial charge in [-0.15, -0.1) is 0 Å². The molecule has 0 aromatic carbocycles. The molecular formula is C20H19F6N7O3. The highest BCUT2D eigenvalue weighted by Crippen LogP contribution is 2.38. The summed E-state index contributed by atoms with van der Waals surface area (Å²) in [5.74, 6) is -2.09. The molecule has 0 bridgehead atoms. The minimum absolute atomic E-state index is 0.00847. The molecule has 2 N–H and O–H groups in total. The number of aromatic nitrogens is 4. The summed E-state index contributed by atoms with van der Waals surface area (Å²) in [4.78, 5) is 47.2. The van der Waals surface area contributed by atoms with Gasteiger partial charge < -0.3 is 15.1 Å². The molecule has 2 aliphatic rings. The molecule has 194 valence electrons. The Morgan fingerprint density at radius 2 is 1.67 bits per heavy atom. The molecule has 3 heterocycles. The van der Waals surface area contributed by atoms with E-state index in [1.54, 1.807) is 10.00 Å². The fourth-order valence-electron chi connectivity index (χ4n) is 4.21. The molecule has 1 aliphatic carbocycles. The van der Waals surface area contributed by atoms with Crippen LogP contribution in [-0.4, -0.2) is 69.6 Å². The zero-order valence-corrected chi connectivity index (χ0v) is 18.4. The Morgan fingerprint density at radius 3 is 2.25 bits per heavy atom. The lowest BCUT2D eigenvalue weighted by Crippen LogP contribution is -2.51. The van der Waals surface area contributed by atoms with Gasteiger partial charge in [0.05, 0.1) is 23.7 Å². The van der Waals surface area contributed by atoms with Crippen molar-refractivity contribution in [2.45, 2.75) is 31.1 Å². The van der Waals surface area contributed by atoms with E-state index in [1.165, 1.54) is 4.90 Å². The summed E-state index contributed by atoms with van der Waals surface area (Å²) < 4.78 is 77.7. The van der Waals surface area contributed by atoms with Crippen molar-refractivity contribution in [1.29, 1.82) is 0 Å². The van der Waals surface area contributed by atoms with Gasteiger partial charge in [0.1, 0.15) is 5.56 Å². The van der Waals surface area contributed by atoms with Crippen LogP contribution in [0.3, 0.4) is 0 Å². The van der Waals surface area contributed by atoms with Crippen molar-refractivity contribution in [3.8, 4) is 0 Å². The summed E-state index contributed by atoms with van der Waals surface area (Å²) in [7, 11) is 0. The van der Waals surface area contributed by atoms with Crippen molar-refractivity contribution >= 4 is 17.8 Å². The van der Waals surface area contributed by atoms with E-state index in [0.717, 1.165) is 0 Å². The van der Waals surface area contributed by atoms with Gasteiger partial charge in [-0.2, -0.15) is 31.4 Å². The first-order valence-electron chi connectivity index (χ1n) is 10.7. The van der Waals surface area contributed by atoms with Gasteiger partial charge in [-0.1, -0.05) is 0 Å². The molecule has 1 saturated heterocycles. The molecular weight excluding hydrogens is 500 g/mol.